The Balaban J connectivity index is 2.11. The highest BCUT2D eigenvalue weighted by Crippen LogP contribution is 2.28. The molecular formula is C10H12N4S2. The van der Waals surface area contributed by atoms with E-state index in [1.807, 2.05) is 26.0 Å². The molecule has 0 aliphatic rings. The highest BCUT2D eigenvalue weighted by atomic mass is 32.2. The maximum absolute atomic E-state index is 5.75. The van der Waals surface area contributed by atoms with Crippen molar-refractivity contribution in [1.29, 1.82) is 0 Å². The van der Waals surface area contributed by atoms with E-state index < -0.39 is 0 Å². The second-order valence-corrected chi connectivity index (χ2v) is 5.86. The minimum absolute atomic E-state index is 0.0234. The molecule has 0 amide bonds. The van der Waals surface area contributed by atoms with E-state index >= 15 is 0 Å². The summed E-state index contributed by atoms with van der Waals surface area (Å²) in [5.74, 6) is 0. The topological polar surface area (TPSA) is 64.7 Å². The molecule has 1 unspecified atom stereocenters. The third kappa shape index (κ3) is 2.78. The van der Waals surface area contributed by atoms with Crippen molar-refractivity contribution in [1.82, 2.24) is 15.2 Å². The molecule has 2 aromatic heterocycles. The molecule has 0 aliphatic carbocycles. The first-order valence-corrected chi connectivity index (χ1v) is 6.48. The van der Waals surface area contributed by atoms with Crippen molar-refractivity contribution in [2.45, 2.75) is 29.3 Å². The predicted molar refractivity (Wildman–Crippen MR) is 65.6 cm³/mol. The van der Waals surface area contributed by atoms with Gasteiger partial charge in [0.1, 0.15) is 10.0 Å². The minimum atomic E-state index is 0.0234. The number of nitrogens with two attached hydrogens (primary N) is 1. The van der Waals surface area contributed by atoms with Crippen molar-refractivity contribution in [2.75, 3.05) is 0 Å². The number of rotatable bonds is 3. The average molecular weight is 252 g/mol. The molecule has 2 aromatic rings. The largest absolute Gasteiger partial charge is 0.324 e. The molecule has 0 spiro atoms. The van der Waals surface area contributed by atoms with E-state index in [0.717, 1.165) is 19.9 Å². The van der Waals surface area contributed by atoms with Crippen molar-refractivity contribution in [2.24, 2.45) is 5.73 Å². The Morgan fingerprint density at radius 1 is 1.38 bits per heavy atom. The number of aryl methyl sites for hydroxylation is 1. The van der Waals surface area contributed by atoms with Crippen LogP contribution in [0.25, 0.3) is 0 Å². The molecule has 2 rings (SSSR count). The predicted octanol–water partition coefficient (Wildman–Crippen LogP) is 2.41. The Morgan fingerprint density at radius 2 is 2.19 bits per heavy atom. The van der Waals surface area contributed by atoms with E-state index in [1.54, 1.807) is 17.5 Å². The molecule has 0 saturated heterocycles. The summed E-state index contributed by atoms with van der Waals surface area (Å²) in [7, 11) is 0. The molecule has 0 aromatic carbocycles. The van der Waals surface area contributed by atoms with Gasteiger partial charge < -0.3 is 5.73 Å². The summed E-state index contributed by atoms with van der Waals surface area (Å²) in [6, 6.07) is 3.98. The molecule has 1 atom stereocenters. The molecule has 16 heavy (non-hydrogen) atoms. The third-order valence-electron chi connectivity index (χ3n) is 1.98. The highest BCUT2D eigenvalue weighted by molar-refractivity contribution is 8.01. The maximum Gasteiger partial charge on any atom is 0.180 e. The van der Waals surface area contributed by atoms with E-state index in [4.69, 9.17) is 5.73 Å². The Morgan fingerprint density at radius 3 is 2.69 bits per heavy atom. The van der Waals surface area contributed by atoms with Gasteiger partial charge in [-0.3, -0.25) is 0 Å². The lowest BCUT2D eigenvalue weighted by Gasteiger charge is -2.04. The number of pyridine rings is 1. The maximum atomic E-state index is 5.75. The van der Waals surface area contributed by atoms with E-state index in [9.17, 15) is 0 Å². The summed E-state index contributed by atoms with van der Waals surface area (Å²) < 4.78 is 0.915. The fourth-order valence-corrected chi connectivity index (χ4v) is 2.83. The molecule has 0 fully saturated rings. The van der Waals surface area contributed by atoms with Gasteiger partial charge in [-0.15, -0.1) is 10.2 Å². The lowest BCUT2D eigenvalue weighted by Crippen LogP contribution is -2.04. The van der Waals surface area contributed by atoms with Gasteiger partial charge in [0.2, 0.25) is 0 Å². The van der Waals surface area contributed by atoms with Crippen LogP contribution in [0.5, 0.6) is 0 Å². The van der Waals surface area contributed by atoms with Gasteiger partial charge in [0.05, 0.1) is 0 Å². The highest BCUT2D eigenvalue weighted by Gasteiger charge is 2.05. The number of aromatic nitrogens is 3. The fourth-order valence-electron chi connectivity index (χ4n) is 1.13. The van der Waals surface area contributed by atoms with Crippen LogP contribution in [0.15, 0.2) is 27.7 Å². The second-order valence-electron chi connectivity index (χ2n) is 3.41. The third-order valence-corrected chi connectivity index (χ3v) is 3.82. The van der Waals surface area contributed by atoms with Gasteiger partial charge >= 0.3 is 0 Å². The Bertz CT molecular complexity index is 464. The molecule has 6 heteroatoms. The van der Waals surface area contributed by atoms with Crippen molar-refractivity contribution in [3.8, 4) is 0 Å². The lowest BCUT2D eigenvalue weighted by atomic mass is 10.2. The van der Waals surface area contributed by atoms with Crippen LogP contribution in [-0.2, 0) is 0 Å². The first-order valence-electron chi connectivity index (χ1n) is 4.84. The van der Waals surface area contributed by atoms with Crippen LogP contribution >= 0.6 is 23.1 Å². The molecular weight excluding hydrogens is 240 g/mol. The molecule has 84 valence electrons. The molecule has 0 bridgehead atoms. The first-order chi connectivity index (χ1) is 7.65. The number of hydrogen-bond donors (Lipinski definition) is 1. The zero-order valence-electron chi connectivity index (χ0n) is 9.04. The normalized spacial score (nSPS) is 12.7. The van der Waals surface area contributed by atoms with Crippen LogP contribution in [0.2, 0.25) is 0 Å². The summed E-state index contributed by atoms with van der Waals surface area (Å²) in [4.78, 5) is 4.33. The zero-order valence-corrected chi connectivity index (χ0v) is 10.7. The Kier molecular flexibility index (Phi) is 3.52. The van der Waals surface area contributed by atoms with Gasteiger partial charge in [-0.05, 0) is 37.2 Å². The molecule has 4 nitrogen and oxygen atoms in total. The fraction of sp³-hybridized carbons (Fsp3) is 0.300. The first kappa shape index (κ1) is 11.5. The molecule has 2 heterocycles. The SMILES string of the molecule is Cc1nnc(Sc2ccc(C(C)N)cn2)s1. The van der Waals surface area contributed by atoms with Crippen LogP contribution in [0, 0.1) is 6.92 Å². The van der Waals surface area contributed by atoms with Crippen molar-refractivity contribution >= 4 is 23.1 Å². The van der Waals surface area contributed by atoms with Crippen molar-refractivity contribution < 1.29 is 0 Å². The molecule has 0 aliphatic heterocycles. The van der Waals surface area contributed by atoms with Crippen molar-refractivity contribution in [3.05, 3.63) is 28.9 Å². The second kappa shape index (κ2) is 4.90. The molecule has 0 saturated carbocycles. The standard InChI is InChI=1S/C10H12N4S2/c1-6(11)8-3-4-9(12-5-8)16-10-14-13-7(2)15-10/h3-6H,11H2,1-2H3. The summed E-state index contributed by atoms with van der Waals surface area (Å²) in [5.41, 5.74) is 6.79. The van der Waals surface area contributed by atoms with Gasteiger partial charge in [0.25, 0.3) is 0 Å². The monoisotopic (exact) mass is 252 g/mol. The van der Waals surface area contributed by atoms with E-state index in [1.165, 1.54) is 11.8 Å². The quantitative estimate of drug-likeness (QED) is 0.908. The summed E-state index contributed by atoms with van der Waals surface area (Å²) in [6.07, 6.45) is 1.81. The van der Waals surface area contributed by atoms with Crippen LogP contribution in [0.1, 0.15) is 23.5 Å². The summed E-state index contributed by atoms with van der Waals surface area (Å²) in [5, 5.41) is 9.88. The number of hydrogen-bond acceptors (Lipinski definition) is 6. The Labute approximate surface area is 102 Å². The van der Waals surface area contributed by atoms with Gasteiger partial charge in [0, 0.05) is 12.2 Å². The Hall–Kier alpha value is -0.980. The van der Waals surface area contributed by atoms with E-state index in [2.05, 4.69) is 15.2 Å². The average Bonchev–Trinajstić information content (AvgIpc) is 2.65. The molecule has 0 radical (unpaired) electrons. The van der Waals surface area contributed by atoms with E-state index in [-0.39, 0.29) is 6.04 Å². The minimum Gasteiger partial charge on any atom is -0.324 e. The van der Waals surface area contributed by atoms with E-state index in [0.29, 0.717) is 0 Å². The lowest BCUT2D eigenvalue weighted by molar-refractivity contribution is 0.806. The molecule has 2 N–H and O–H groups in total. The summed E-state index contributed by atoms with van der Waals surface area (Å²) >= 11 is 3.09. The number of nitrogens with zero attached hydrogens (tertiary/aromatic N) is 3. The van der Waals surface area contributed by atoms with Crippen molar-refractivity contribution in [3.63, 3.8) is 0 Å². The van der Waals surface area contributed by atoms with Crippen LogP contribution in [0.3, 0.4) is 0 Å². The smallest absolute Gasteiger partial charge is 0.180 e. The van der Waals surface area contributed by atoms with Gasteiger partial charge in [-0.1, -0.05) is 17.4 Å². The summed E-state index contributed by atoms with van der Waals surface area (Å²) in [6.45, 7) is 3.88. The zero-order chi connectivity index (χ0) is 11.5. The van der Waals surface area contributed by atoms with Gasteiger partial charge in [-0.25, -0.2) is 4.98 Å². The van der Waals surface area contributed by atoms with Crippen LogP contribution < -0.4 is 5.73 Å². The van der Waals surface area contributed by atoms with Gasteiger partial charge in [-0.2, -0.15) is 0 Å². The van der Waals surface area contributed by atoms with Gasteiger partial charge in [0.15, 0.2) is 4.34 Å². The van der Waals surface area contributed by atoms with Crippen LogP contribution in [0.4, 0.5) is 0 Å². The van der Waals surface area contributed by atoms with Crippen LogP contribution in [-0.4, -0.2) is 15.2 Å².